The van der Waals surface area contributed by atoms with E-state index in [-0.39, 0.29) is 17.7 Å². The highest BCUT2D eigenvalue weighted by Gasteiger charge is 2.16. The Hall–Kier alpha value is -2.59. The number of nitriles is 1. The smallest absolute Gasteiger partial charge is 0.230 e. The van der Waals surface area contributed by atoms with Crippen molar-refractivity contribution < 1.29 is 9.53 Å². The van der Waals surface area contributed by atoms with Crippen molar-refractivity contribution in [2.45, 2.75) is 31.8 Å². The van der Waals surface area contributed by atoms with Gasteiger partial charge in [0, 0.05) is 5.56 Å². The van der Waals surface area contributed by atoms with Gasteiger partial charge in [0.1, 0.15) is 28.2 Å². The molecular weight excluding hydrogens is 336 g/mol. The summed E-state index contributed by atoms with van der Waals surface area (Å²) >= 11 is 1.24. The lowest BCUT2D eigenvalue weighted by molar-refractivity contribution is -0.119. The number of thioether (sulfide) groups is 1. The van der Waals surface area contributed by atoms with Crippen LogP contribution in [0.15, 0.2) is 29.3 Å². The maximum atomic E-state index is 12.3. The number of hydrogen-bond donors (Lipinski definition) is 1. The lowest BCUT2D eigenvalue weighted by atomic mass is 10.1. The first kappa shape index (κ1) is 18.7. The number of nitrogens with one attached hydrogen (secondary N) is 1. The van der Waals surface area contributed by atoms with E-state index < -0.39 is 0 Å². The van der Waals surface area contributed by atoms with Crippen LogP contribution in [0.4, 0.5) is 0 Å². The molecule has 7 heteroatoms. The lowest BCUT2D eigenvalue weighted by Gasteiger charge is -2.17. The molecular formula is C18H20N4O2S. The predicted molar refractivity (Wildman–Crippen MR) is 96.5 cm³/mol. The number of aryl methyl sites for hydroxylation is 2. The van der Waals surface area contributed by atoms with Crippen molar-refractivity contribution in [1.29, 1.82) is 5.26 Å². The number of aromatic nitrogens is 2. The number of hydrogen-bond acceptors (Lipinski definition) is 6. The topological polar surface area (TPSA) is 87.9 Å². The van der Waals surface area contributed by atoms with Crippen LogP contribution in [-0.4, -0.2) is 28.7 Å². The number of carbonyl (C=O) groups is 1. The molecule has 0 aliphatic rings. The molecule has 1 heterocycles. The van der Waals surface area contributed by atoms with E-state index in [1.54, 1.807) is 21.0 Å². The standard InChI is InChI=1S/C18H20N4O2S/c1-11(14-7-5-6-8-16(14)24-4)21-17(23)10-25-18-15(9-19)12(2)20-13(3)22-18/h5-8,11H,10H2,1-4H3,(H,21,23). The minimum atomic E-state index is -0.187. The molecule has 0 radical (unpaired) electrons. The summed E-state index contributed by atoms with van der Waals surface area (Å²) in [4.78, 5) is 20.7. The Labute approximate surface area is 151 Å². The zero-order valence-electron chi connectivity index (χ0n) is 14.7. The summed E-state index contributed by atoms with van der Waals surface area (Å²) in [5, 5.41) is 12.7. The van der Waals surface area contributed by atoms with Gasteiger partial charge in [0.25, 0.3) is 0 Å². The van der Waals surface area contributed by atoms with E-state index in [1.807, 2.05) is 31.2 Å². The van der Waals surface area contributed by atoms with E-state index in [0.717, 1.165) is 11.3 Å². The van der Waals surface area contributed by atoms with Gasteiger partial charge < -0.3 is 10.1 Å². The molecule has 0 aliphatic heterocycles. The third-order valence-corrected chi connectivity index (χ3v) is 4.58. The number of carbonyl (C=O) groups excluding carboxylic acids is 1. The number of amides is 1. The van der Waals surface area contributed by atoms with Gasteiger partial charge in [0.15, 0.2) is 0 Å². The van der Waals surface area contributed by atoms with Gasteiger partial charge in [-0.15, -0.1) is 0 Å². The average molecular weight is 356 g/mol. The number of ether oxygens (including phenoxy) is 1. The first-order valence-electron chi connectivity index (χ1n) is 7.76. The molecule has 1 N–H and O–H groups in total. The largest absolute Gasteiger partial charge is 0.496 e. The van der Waals surface area contributed by atoms with E-state index in [1.165, 1.54) is 11.8 Å². The Morgan fingerprint density at radius 2 is 2.08 bits per heavy atom. The quantitative estimate of drug-likeness (QED) is 0.632. The fraction of sp³-hybridized carbons (Fsp3) is 0.333. The van der Waals surface area contributed by atoms with E-state index in [9.17, 15) is 10.1 Å². The molecule has 6 nitrogen and oxygen atoms in total. The zero-order chi connectivity index (χ0) is 18.4. The summed E-state index contributed by atoms with van der Waals surface area (Å²) in [6, 6.07) is 9.48. The van der Waals surface area contributed by atoms with Crippen LogP contribution >= 0.6 is 11.8 Å². The van der Waals surface area contributed by atoms with Gasteiger partial charge in [-0.1, -0.05) is 30.0 Å². The number of para-hydroxylation sites is 1. The predicted octanol–water partition coefficient (Wildman–Crippen LogP) is 2.94. The molecule has 1 unspecified atom stereocenters. The van der Waals surface area contributed by atoms with Crippen molar-refractivity contribution >= 4 is 17.7 Å². The van der Waals surface area contributed by atoms with Gasteiger partial charge in [-0.05, 0) is 26.8 Å². The fourth-order valence-corrected chi connectivity index (χ4v) is 3.32. The van der Waals surface area contributed by atoms with Crippen molar-refractivity contribution in [2.75, 3.05) is 12.9 Å². The van der Waals surface area contributed by atoms with Crippen LogP contribution < -0.4 is 10.1 Å². The molecule has 0 saturated carbocycles. The molecule has 0 fully saturated rings. The van der Waals surface area contributed by atoms with Crippen molar-refractivity contribution in [2.24, 2.45) is 0 Å². The van der Waals surface area contributed by atoms with Gasteiger partial charge in [-0.3, -0.25) is 4.79 Å². The Morgan fingerprint density at radius 3 is 2.76 bits per heavy atom. The maximum absolute atomic E-state index is 12.3. The summed E-state index contributed by atoms with van der Waals surface area (Å²) in [5.74, 6) is 1.35. The number of rotatable bonds is 6. The fourth-order valence-electron chi connectivity index (χ4n) is 2.43. The molecule has 1 aromatic heterocycles. The second-order valence-corrected chi connectivity index (χ2v) is 6.43. The lowest BCUT2D eigenvalue weighted by Crippen LogP contribution is -2.28. The maximum Gasteiger partial charge on any atom is 0.230 e. The van der Waals surface area contributed by atoms with E-state index in [2.05, 4.69) is 21.4 Å². The summed E-state index contributed by atoms with van der Waals surface area (Å²) in [6.45, 7) is 5.43. The van der Waals surface area contributed by atoms with Crippen molar-refractivity contribution in [3.8, 4) is 11.8 Å². The summed E-state index contributed by atoms with van der Waals surface area (Å²) < 4.78 is 5.32. The van der Waals surface area contributed by atoms with Crippen LogP contribution in [0.3, 0.4) is 0 Å². The minimum absolute atomic E-state index is 0.138. The Bertz CT molecular complexity index is 817. The molecule has 1 atom stereocenters. The van der Waals surface area contributed by atoms with E-state index >= 15 is 0 Å². The molecule has 2 rings (SSSR count). The van der Waals surface area contributed by atoms with Crippen LogP contribution in [0.2, 0.25) is 0 Å². The summed E-state index contributed by atoms with van der Waals surface area (Å²) in [7, 11) is 1.60. The van der Waals surface area contributed by atoms with Gasteiger partial charge in [0.05, 0.1) is 24.6 Å². The molecule has 130 valence electrons. The van der Waals surface area contributed by atoms with E-state index in [4.69, 9.17) is 4.74 Å². The summed E-state index contributed by atoms with van der Waals surface area (Å²) in [6.07, 6.45) is 0. The zero-order valence-corrected chi connectivity index (χ0v) is 15.5. The van der Waals surface area contributed by atoms with Crippen LogP contribution in [0.5, 0.6) is 5.75 Å². The van der Waals surface area contributed by atoms with Crippen LogP contribution in [-0.2, 0) is 4.79 Å². The molecule has 0 saturated heterocycles. The molecule has 0 bridgehead atoms. The number of nitrogens with zero attached hydrogens (tertiary/aromatic N) is 3. The molecule has 1 amide bonds. The Balaban J connectivity index is 2.03. The first-order valence-corrected chi connectivity index (χ1v) is 8.75. The van der Waals surface area contributed by atoms with Crippen molar-refractivity contribution in [3.63, 3.8) is 0 Å². The number of methoxy groups -OCH3 is 1. The molecule has 0 spiro atoms. The monoisotopic (exact) mass is 356 g/mol. The molecule has 2 aromatic rings. The normalized spacial score (nSPS) is 11.5. The molecule has 0 aliphatic carbocycles. The highest BCUT2D eigenvalue weighted by molar-refractivity contribution is 8.00. The van der Waals surface area contributed by atoms with Crippen molar-refractivity contribution in [1.82, 2.24) is 15.3 Å². The minimum Gasteiger partial charge on any atom is -0.496 e. The SMILES string of the molecule is COc1ccccc1C(C)NC(=O)CSc1nc(C)nc(C)c1C#N. The molecule has 25 heavy (non-hydrogen) atoms. The van der Waals surface area contributed by atoms with Crippen LogP contribution in [0, 0.1) is 25.2 Å². The Morgan fingerprint density at radius 1 is 1.36 bits per heavy atom. The first-order chi connectivity index (χ1) is 12.0. The highest BCUT2D eigenvalue weighted by Crippen LogP contribution is 2.25. The molecule has 1 aromatic carbocycles. The van der Waals surface area contributed by atoms with E-state index in [0.29, 0.717) is 22.1 Å². The second kappa shape index (κ2) is 8.49. The van der Waals surface area contributed by atoms with Gasteiger partial charge in [0.2, 0.25) is 5.91 Å². The van der Waals surface area contributed by atoms with Crippen molar-refractivity contribution in [3.05, 3.63) is 46.9 Å². The second-order valence-electron chi connectivity index (χ2n) is 5.47. The third-order valence-electron chi connectivity index (χ3n) is 3.60. The van der Waals surface area contributed by atoms with Gasteiger partial charge in [-0.2, -0.15) is 5.26 Å². The van der Waals surface area contributed by atoms with Crippen LogP contribution in [0.25, 0.3) is 0 Å². The third kappa shape index (κ3) is 4.70. The highest BCUT2D eigenvalue weighted by atomic mass is 32.2. The Kier molecular flexibility index (Phi) is 6.37. The summed E-state index contributed by atoms with van der Waals surface area (Å²) in [5.41, 5.74) is 1.95. The van der Waals surface area contributed by atoms with Crippen LogP contribution in [0.1, 0.15) is 35.6 Å². The van der Waals surface area contributed by atoms with Gasteiger partial charge >= 0.3 is 0 Å². The van der Waals surface area contributed by atoms with Gasteiger partial charge in [-0.25, -0.2) is 9.97 Å². The average Bonchev–Trinajstić information content (AvgIpc) is 2.59. The number of benzene rings is 1.